The average Bonchev–Trinajstić information content (AvgIpc) is 2.18. The van der Waals surface area contributed by atoms with Gasteiger partial charge in [-0.05, 0) is 24.7 Å². The molecule has 0 aromatic heterocycles. The quantitative estimate of drug-likeness (QED) is 0.732. The molecule has 1 aromatic rings. The van der Waals surface area contributed by atoms with Crippen LogP contribution in [0.1, 0.15) is 17.9 Å². The number of hydrogen-bond acceptors (Lipinski definition) is 3. The molecule has 5 heteroatoms. The maximum atomic E-state index is 10.6. The lowest BCUT2D eigenvalue weighted by atomic mass is 9.95. The van der Waals surface area contributed by atoms with E-state index in [0.29, 0.717) is 10.6 Å². The molecule has 0 aliphatic heterocycles. The molecule has 0 saturated carbocycles. The number of aromatic hydroxyl groups is 1. The van der Waals surface area contributed by atoms with E-state index in [-0.39, 0.29) is 18.7 Å². The van der Waals surface area contributed by atoms with E-state index in [1.165, 1.54) is 18.2 Å². The van der Waals surface area contributed by atoms with Gasteiger partial charge < -0.3 is 15.9 Å². The minimum Gasteiger partial charge on any atom is -0.508 e. The number of phenolic OH excluding ortho intramolecular Hbond substituents is 1. The highest BCUT2D eigenvalue weighted by atomic mass is 35.5. The molecular weight excluding hydrogens is 218 g/mol. The van der Waals surface area contributed by atoms with Crippen molar-refractivity contribution in [3.05, 3.63) is 28.8 Å². The molecule has 0 saturated heterocycles. The SMILES string of the molecule is NCC(CC(=O)O)c1cc(Cl)ccc1O. The minimum atomic E-state index is -0.954. The maximum Gasteiger partial charge on any atom is 0.304 e. The molecule has 1 atom stereocenters. The number of benzene rings is 1. The molecule has 4 N–H and O–H groups in total. The van der Waals surface area contributed by atoms with Crippen LogP contribution in [0.4, 0.5) is 0 Å². The van der Waals surface area contributed by atoms with Gasteiger partial charge in [0.15, 0.2) is 0 Å². The van der Waals surface area contributed by atoms with Gasteiger partial charge in [0.25, 0.3) is 0 Å². The van der Waals surface area contributed by atoms with Crippen LogP contribution in [0.2, 0.25) is 5.02 Å². The molecule has 0 fully saturated rings. The summed E-state index contributed by atoms with van der Waals surface area (Å²) in [5, 5.41) is 18.7. The molecule has 0 bridgehead atoms. The predicted octanol–water partition coefficient (Wildman–Crippen LogP) is 1.56. The average molecular weight is 230 g/mol. The van der Waals surface area contributed by atoms with Crippen LogP contribution in [-0.2, 0) is 4.79 Å². The molecule has 15 heavy (non-hydrogen) atoms. The fourth-order valence-electron chi connectivity index (χ4n) is 1.38. The molecule has 0 aliphatic carbocycles. The van der Waals surface area contributed by atoms with Crippen molar-refractivity contribution >= 4 is 17.6 Å². The summed E-state index contributed by atoms with van der Waals surface area (Å²) in [6.07, 6.45) is -0.121. The number of hydrogen-bond donors (Lipinski definition) is 3. The number of rotatable bonds is 4. The summed E-state index contributed by atoms with van der Waals surface area (Å²) in [6.45, 7) is 0.153. The van der Waals surface area contributed by atoms with E-state index in [9.17, 15) is 9.90 Å². The first-order valence-corrected chi connectivity index (χ1v) is 4.82. The highest BCUT2D eigenvalue weighted by Gasteiger charge is 2.17. The Labute approximate surface area is 92.3 Å². The van der Waals surface area contributed by atoms with Crippen molar-refractivity contribution < 1.29 is 15.0 Å². The first kappa shape index (κ1) is 11.8. The Balaban J connectivity index is 3.00. The third-order valence-electron chi connectivity index (χ3n) is 2.13. The number of halogens is 1. The normalized spacial score (nSPS) is 12.4. The van der Waals surface area contributed by atoms with E-state index < -0.39 is 11.9 Å². The van der Waals surface area contributed by atoms with Gasteiger partial charge in [-0.1, -0.05) is 11.6 Å². The number of phenols is 1. The van der Waals surface area contributed by atoms with E-state index in [1.54, 1.807) is 0 Å². The molecule has 1 unspecified atom stereocenters. The molecule has 4 nitrogen and oxygen atoms in total. The van der Waals surface area contributed by atoms with Gasteiger partial charge in [0.1, 0.15) is 5.75 Å². The third-order valence-corrected chi connectivity index (χ3v) is 2.37. The number of carboxylic acid groups (broad SMARTS) is 1. The topological polar surface area (TPSA) is 83.6 Å². The monoisotopic (exact) mass is 229 g/mol. The van der Waals surface area contributed by atoms with Gasteiger partial charge in [0.2, 0.25) is 0 Å². The van der Waals surface area contributed by atoms with E-state index in [4.69, 9.17) is 22.4 Å². The Morgan fingerprint density at radius 3 is 2.73 bits per heavy atom. The predicted molar refractivity (Wildman–Crippen MR) is 57.2 cm³/mol. The largest absolute Gasteiger partial charge is 0.508 e. The molecule has 0 amide bonds. The summed E-state index contributed by atoms with van der Waals surface area (Å²) in [5.41, 5.74) is 5.93. The second-order valence-electron chi connectivity index (χ2n) is 3.23. The molecule has 82 valence electrons. The summed E-state index contributed by atoms with van der Waals surface area (Å²) < 4.78 is 0. The van der Waals surface area contributed by atoms with Gasteiger partial charge in [-0.15, -0.1) is 0 Å². The summed E-state index contributed by atoms with van der Waals surface area (Å²) in [5.74, 6) is -1.35. The van der Waals surface area contributed by atoms with E-state index in [1.807, 2.05) is 0 Å². The standard InChI is InChI=1S/C10H12ClNO3/c11-7-1-2-9(13)8(4-7)6(5-12)3-10(14)15/h1-2,4,6,13H,3,5,12H2,(H,14,15). The Morgan fingerprint density at radius 1 is 1.53 bits per heavy atom. The van der Waals surface area contributed by atoms with Gasteiger partial charge in [-0.2, -0.15) is 0 Å². The molecule has 1 aromatic carbocycles. The van der Waals surface area contributed by atoms with Gasteiger partial charge in [-0.25, -0.2) is 0 Å². The van der Waals surface area contributed by atoms with Crippen molar-refractivity contribution in [3.8, 4) is 5.75 Å². The smallest absolute Gasteiger partial charge is 0.304 e. The second kappa shape index (κ2) is 5.00. The molecular formula is C10H12ClNO3. The summed E-state index contributed by atoms with van der Waals surface area (Å²) >= 11 is 5.76. The maximum absolute atomic E-state index is 10.6. The van der Waals surface area contributed by atoms with Gasteiger partial charge in [0, 0.05) is 16.5 Å². The number of aliphatic carboxylic acids is 1. The van der Waals surface area contributed by atoms with Gasteiger partial charge in [0.05, 0.1) is 6.42 Å². The lowest BCUT2D eigenvalue weighted by molar-refractivity contribution is -0.137. The number of nitrogens with two attached hydrogens (primary N) is 1. The molecule has 0 heterocycles. The Kier molecular flexibility index (Phi) is 3.94. The van der Waals surface area contributed by atoms with E-state index >= 15 is 0 Å². The zero-order chi connectivity index (χ0) is 11.4. The highest BCUT2D eigenvalue weighted by molar-refractivity contribution is 6.30. The van der Waals surface area contributed by atoms with Crippen LogP contribution in [0.25, 0.3) is 0 Å². The minimum absolute atomic E-state index is 0.0242. The molecule has 0 spiro atoms. The number of carbonyl (C=O) groups is 1. The summed E-state index contributed by atoms with van der Waals surface area (Å²) in [6, 6.07) is 4.51. The fraction of sp³-hybridized carbons (Fsp3) is 0.300. The highest BCUT2D eigenvalue weighted by Crippen LogP contribution is 2.30. The van der Waals surface area contributed by atoms with E-state index in [0.717, 1.165) is 0 Å². The first-order valence-electron chi connectivity index (χ1n) is 4.45. The second-order valence-corrected chi connectivity index (χ2v) is 3.67. The van der Waals surface area contributed by atoms with Crippen LogP contribution in [0.3, 0.4) is 0 Å². The molecule has 0 aliphatic rings. The van der Waals surface area contributed by atoms with Crippen LogP contribution in [-0.4, -0.2) is 22.7 Å². The van der Waals surface area contributed by atoms with Crippen molar-refractivity contribution in [2.75, 3.05) is 6.54 Å². The van der Waals surface area contributed by atoms with Crippen LogP contribution in [0.15, 0.2) is 18.2 Å². The first-order chi connectivity index (χ1) is 7.04. The molecule has 0 radical (unpaired) electrons. The lowest BCUT2D eigenvalue weighted by Gasteiger charge is -2.14. The Morgan fingerprint density at radius 2 is 2.20 bits per heavy atom. The van der Waals surface area contributed by atoms with Crippen molar-refractivity contribution in [3.63, 3.8) is 0 Å². The van der Waals surface area contributed by atoms with Crippen LogP contribution >= 0.6 is 11.6 Å². The fourth-order valence-corrected chi connectivity index (χ4v) is 1.56. The van der Waals surface area contributed by atoms with Crippen molar-refractivity contribution in [2.24, 2.45) is 5.73 Å². The zero-order valence-corrected chi connectivity index (χ0v) is 8.74. The lowest BCUT2D eigenvalue weighted by Crippen LogP contribution is -2.16. The summed E-state index contributed by atoms with van der Waals surface area (Å²) in [7, 11) is 0. The molecule has 1 rings (SSSR count). The Hall–Kier alpha value is -1.26. The van der Waals surface area contributed by atoms with Crippen molar-refractivity contribution in [2.45, 2.75) is 12.3 Å². The Bertz CT molecular complexity index is 368. The third kappa shape index (κ3) is 3.11. The number of carboxylic acids is 1. The van der Waals surface area contributed by atoms with Crippen molar-refractivity contribution in [1.82, 2.24) is 0 Å². The van der Waals surface area contributed by atoms with Crippen LogP contribution in [0, 0.1) is 0 Å². The van der Waals surface area contributed by atoms with Crippen LogP contribution in [0.5, 0.6) is 5.75 Å². The summed E-state index contributed by atoms with van der Waals surface area (Å²) in [4.78, 5) is 10.6. The van der Waals surface area contributed by atoms with Crippen LogP contribution < -0.4 is 5.73 Å². The van der Waals surface area contributed by atoms with Crippen molar-refractivity contribution in [1.29, 1.82) is 0 Å². The van der Waals surface area contributed by atoms with E-state index in [2.05, 4.69) is 0 Å². The van der Waals surface area contributed by atoms with Gasteiger partial charge >= 0.3 is 5.97 Å². The zero-order valence-electron chi connectivity index (χ0n) is 7.98. The van der Waals surface area contributed by atoms with Gasteiger partial charge in [-0.3, -0.25) is 4.79 Å².